The van der Waals surface area contributed by atoms with Crippen molar-refractivity contribution in [2.24, 2.45) is 0 Å². The second kappa shape index (κ2) is 11.2. The molecule has 7 nitrogen and oxygen atoms in total. The summed E-state index contributed by atoms with van der Waals surface area (Å²) in [4.78, 5) is -0.00381. The highest BCUT2D eigenvalue weighted by atomic mass is 32.2. The van der Waals surface area contributed by atoms with Crippen LogP contribution in [0.3, 0.4) is 0 Å². The Labute approximate surface area is 200 Å². The van der Waals surface area contributed by atoms with E-state index in [1.807, 2.05) is 67.6 Å². The Hall–Kier alpha value is -2.59. The summed E-state index contributed by atoms with van der Waals surface area (Å²) in [5.74, 6) is 0. The first kappa shape index (κ1) is 24.5. The van der Waals surface area contributed by atoms with Gasteiger partial charge in [0.15, 0.2) is 12.4 Å². The normalized spacial score (nSPS) is 22.6. The molecule has 34 heavy (non-hydrogen) atoms. The molecule has 0 aromatic heterocycles. The molecule has 1 heterocycles. The third-order valence-corrected chi connectivity index (χ3v) is 6.84. The first-order chi connectivity index (χ1) is 16.4. The predicted molar refractivity (Wildman–Crippen MR) is 125 cm³/mol. The van der Waals surface area contributed by atoms with E-state index in [4.69, 9.17) is 18.4 Å². The molecule has 0 bridgehead atoms. The zero-order chi connectivity index (χ0) is 24.0. The van der Waals surface area contributed by atoms with Gasteiger partial charge >= 0.3 is 0 Å². The standard InChI is InChI=1S/C26H28O7S/c1-19-12-14-22(15-13-19)34(28,29)33-25-24(31-17-21-10-6-3-7-11-21)23(32-26(25)27)18-30-16-20-8-4-2-5-9-20/h2-15,23-27H,16-18H2,1H3/t23-,24-,25+,26-/m0/s1. The summed E-state index contributed by atoms with van der Waals surface area (Å²) < 4.78 is 48.7. The van der Waals surface area contributed by atoms with Crippen LogP contribution in [0.15, 0.2) is 89.8 Å². The van der Waals surface area contributed by atoms with Crippen molar-refractivity contribution in [3.8, 4) is 0 Å². The number of hydrogen-bond acceptors (Lipinski definition) is 7. The number of ether oxygens (including phenoxy) is 3. The number of aliphatic hydroxyl groups excluding tert-OH is 1. The molecule has 0 aliphatic carbocycles. The van der Waals surface area contributed by atoms with E-state index in [0.29, 0.717) is 6.61 Å². The third-order valence-electron chi connectivity index (χ3n) is 5.51. The summed E-state index contributed by atoms with van der Waals surface area (Å²) >= 11 is 0. The van der Waals surface area contributed by atoms with Crippen LogP contribution < -0.4 is 0 Å². The second-order valence-corrected chi connectivity index (χ2v) is 9.73. The lowest BCUT2D eigenvalue weighted by Crippen LogP contribution is -2.40. The molecule has 0 radical (unpaired) electrons. The highest BCUT2D eigenvalue weighted by Gasteiger charge is 2.48. The maximum Gasteiger partial charge on any atom is 0.297 e. The zero-order valence-electron chi connectivity index (χ0n) is 18.8. The molecular formula is C26H28O7S. The van der Waals surface area contributed by atoms with Gasteiger partial charge in [-0.2, -0.15) is 8.42 Å². The Morgan fingerprint density at radius 1 is 0.824 bits per heavy atom. The summed E-state index contributed by atoms with van der Waals surface area (Å²) in [6.45, 7) is 2.49. The number of aliphatic hydroxyl groups is 1. The van der Waals surface area contributed by atoms with Gasteiger partial charge in [0.2, 0.25) is 0 Å². The molecule has 1 aliphatic heterocycles. The van der Waals surface area contributed by atoms with Gasteiger partial charge in [0, 0.05) is 0 Å². The zero-order valence-corrected chi connectivity index (χ0v) is 19.6. The topological polar surface area (TPSA) is 91.3 Å². The van der Waals surface area contributed by atoms with Crippen molar-refractivity contribution in [3.63, 3.8) is 0 Å². The number of hydrogen-bond donors (Lipinski definition) is 1. The van der Waals surface area contributed by atoms with Crippen LogP contribution in [0.2, 0.25) is 0 Å². The van der Waals surface area contributed by atoms with Crippen molar-refractivity contribution in [1.82, 2.24) is 0 Å². The first-order valence-corrected chi connectivity index (χ1v) is 12.4. The van der Waals surface area contributed by atoms with Crippen LogP contribution in [-0.2, 0) is 41.7 Å². The highest BCUT2D eigenvalue weighted by molar-refractivity contribution is 7.86. The predicted octanol–water partition coefficient (Wildman–Crippen LogP) is 3.59. The molecule has 1 aliphatic rings. The van der Waals surface area contributed by atoms with Gasteiger partial charge in [0.05, 0.1) is 24.7 Å². The summed E-state index contributed by atoms with van der Waals surface area (Å²) in [7, 11) is -4.16. The van der Waals surface area contributed by atoms with E-state index < -0.39 is 34.7 Å². The second-order valence-electron chi connectivity index (χ2n) is 8.16. The van der Waals surface area contributed by atoms with Crippen LogP contribution in [0.5, 0.6) is 0 Å². The maximum atomic E-state index is 12.9. The first-order valence-electron chi connectivity index (χ1n) is 11.0. The van der Waals surface area contributed by atoms with Crippen LogP contribution in [0, 0.1) is 6.92 Å². The molecule has 1 N–H and O–H groups in total. The van der Waals surface area contributed by atoms with Crippen molar-refractivity contribution in [2.45, 2.75) is 49.6 Å². The molecule has 4 rings (SSSR count). The lowest BCUT2D eigenvalue weighted by molar-refractivity contribution is -0.133. The monoisotopic (exact) mass is 484 g/mol. The van der Waals surface area contributed by atoms with E-state index in [-0.39, 0.29) is 18.1 Å². The van der Waals surface area contributed by atoms with Crippen molar-refractivity contribution >= 4 is 10.1 Å². The van der Waals surface area contributed by atoms with Crippen molar-refractivity contribution in [2.75, 3.05) is 6.61 Å². The lowest BCUT2D eigenvalue weighted by atomic mass is 10.1. The maximum absolute atomic E-state index is 12.9. The largest absolute Gasteiger partial charge is 0.374 e. The van der Waals surface area contributed by atoms with E-state index in [1.165, 1.54) is 12.1 Å². The smallest absolute Gasteiger partial charge is 0.297 e. The molecule has 0 unspecified atom stereocenters. The van der Waals surface area contributed by atoms with Crippen LogP contribution >= 0.6 is 0 Å². The molecule has 0 spiro atoms. The summed E-state index contributed by atoms with van der Waals surface area (Å²) in [5.41, 5.74) is 2.80. The van der Waals surface area contributed by atoms with Crippen LogP contribution in [0.1, 0.15) is 16.7 Å². The molecule has 180 valence electrons. The fourth-order valence-electron chi connectivity index (χ4n) is 3.69. The average Bonchev–Trinajstić information content (AvgIpc) is 3.12. The fraction of sp³-hybridized carbons (Fsp3) is 0.308. The minimum atomic E-state index is -4.16. The molecule has 0 amide bonds. The van der Waals surface area contributed by atoms with E-state index in [1.54, 1.807) is 12.1 Å². The van der Waals surface area contributed by atoms with Crippen LogP contribution in [0.25, 0.3) is 0 Å². The Balaban J connectivity index is 1.48. The SMILES string of the molecule is Cc1ccc(S(=O)(=O)O[C@@H]2[C@@H](OCc3ccccc3)[C@H](COCc3ccccc3)O[C@@H]2O)cc1. The lowest BCUT2D eigenvalue weighted by Gasteiger charge is -2.23. The van der Waals surface area contributed by atoms with Crippen LogP contribution in [-0.4, -0.2) is 44.7 Å². The number of rotatable bonds is 10. The average molecular weight is 485 g/mol. The minimum Gasteiger partial charge on any atom is -0.374 e. The quantitative estimate of drug-likeness (QED) is 0.440. The molecule has 0 saturated carbocycles. The fourth-order valence-corrected chi connectivity index (χ4v) is 4.76. The molecular weight excluding hydrogens is 456 g/mol. The third kappa shape index (κ3) is 6.29. The van der Waals surface area contributed by atoms with Crippen molar-refractivity contribution < 1.29 is 31.9 Å². The Morgan fingerprint density at radius 3 is 2.03 bits per heavy atom. The Kier molecular flexibility index (Phi) is 8.10. The van der Waals surface area contributed by atoms with E-state index >= 15 is 0 Å². The van der Waals surface area contributed by atoms with Gasteiger partial charge in [-0.25, -0.2) is 0 Å². The summed E-state index contributed by atoms with van der Waals surface area (Å²) in [5, 5.41) is 10.6. The summed E-state index contributed by atoms with van der Waals surface area (Å²) in [6.07, 6.45) is -4.33. The Bertz CT molecular complexity index is 1130. The van der Waals surface area contributed by atoms with Gasteiger partial charge in [0.1, 0.15) is 12.2 Å². The molecule has 1 fully saturated rings. The molecule has 4 atom stereocenters. The van der Waals surface area contributed by atoms with Crippen molar-refractivity contribution in [1.29, 1.82) is 0 Å². The molecule has 1 saturated heterocycles. The van der Waals surface area contributed by atoms with Gasteiger partial charge in [-0.1, -0.05) is 78.4 Å². The van der Waals surface area contributed by atoms with Gasteiger partial charge in [0.25, 0.3) is 10.1 Å². The van der Waals surface area contributed by atoms with Gasteiger partial charge in [-0.15, -0.1) is 0 Å². The minimum absolute atomic E-state index is 0.00381. The van der Waals surface area contributed by atoms with E-state index in [9.17, 15) is 13.5 Å². The highest BCUT2D eigenvalue weighted by Crippen LogP contribution is 2.30. The van der Waals surface area contributed by atoms with Crippen molar-refractivity contribution in [3.05, 3.63) is 102 Å². The Morgan fingerprint density at radius 2 is 1.41 bits per heavy atom. The molecule has 3 aromatic rings. The number of benzene rings is 3. The van der Waals surface area contributed by atoms with Crippen LogP contribution in [0.4, 0.5) is 0 Å². The van der Waals surface area contributed by atoms with E-state index in [0.717, 1.165) is 16.7 Å². The molecule has 3 aromatic carbocycles. The summed E-state index contributed by atoms with van der Waals surface area (Å²) in [6, 6.07) is 25.4. The van der Waals surface area contributed by atoms with Gasteiger partial charge in [-0.3, -0.25) is 4.18 Å². The molecule has 8 heteroatoms. The van der Waals surface area contributed by atoms with E-state index in [2.05, 4.69) is 0 Å². The van der Waals surface area contributed by atoms with Gasteiger partial charge in [-0.05, 0) is 30.2 Å². The van der Waals surface area contributed by atoms with Gasteiger partial charge < -0.3 is 19.3 Å². The number of aryl methyl sites for hydroxylation is 1.